The van der Waals surface area contributed by atoms with Crippen molar-refractivity contribution in [3.63, 3.8) is 0 Å². The third-order valence-corrected chi connectivity index (χ3v) is 3.30. The molecule has 2 aromatic rings. The maximum absolute atomic E-state index is 13.0. The molecule has 0 saturated carbocycles. The van der Waals surface area contributed by atoms with Gasteiger partial charge in [0.05, 0.1) is 9.78 Å². The molecule has 0 spiro atoms. The normalized spacial score (nSPS) is 10.7. The van der Waals surface area contributed by atoms with E-state index < -0.39 is 11.7 Å². The van der Waals surface area contributed by atoms with Gasteiger partial charge in [0, 0.05) is 5.56 Å². The first-order valence-corrected chi connectivity index (χ1v) is 6.71. The highest BCUT2D eigenvalue weighted by molar-refractivity contribution is 14.1. The summed E-state index contributed by atoms with van der Waals surface area (Å²) in [6, 6.07) is 10.3. The van der Waals surface area contributed by atoms with Gasteiger partial charge in [-0.25, -0.2) is 9.82 Å². The van der Waals surface area contributed by atoms with Crippen molar-refractivity contribution in [2.24, 2.45) is 5.10 Å². The quantitative estimate of drug-likeness (QED) is 0.486. The molecule has 0 heterocycles. The molecule has 0 saturated heterocycles. The van der Waals surface area contributed by atoms with Gasteiger partial charge >= 0.3 is 0 Å². The Morgan fingerprint density at radius 1 is 1.30 bits per heavy atom. The van der Waals surface area contributed by atoms with E-state index in [4.69, 9.17) is 0 Å². The molecule has 0 radical (unpaired) electrons. The summed E-state index contributed by atoms with van der Waals surface area (Å²) in [6.07, 6.45) is 1.44. The molecular weight excluding hydrogens is 374 g/mol. The van der Waals surface area contributed by atoms with Crippen LogP contribution in [-0.2, 0) is 0 Å². The van der Waals surface area contributed by atoms with Gasteiger partial charge in [-0.2, -0.15) is 5.10 Å². The van der Waals surface area contributed by atoms with Crippen molar-refractivity contribution < 1.29 is 14.3 Å². The summed E-state index contributed by atoms with van der Waals surface area (Å²) in [5.74, 6) is -0.782. The molecule has 2 rings (SSSR count). The van der Waals surface area contributed by atoms with Gasteiger partial charge in [0.2, 0.25) is 0 Å². The van der Waals surface area contributed by atoms with Crippen molar-refractivity contribution in [3.05, 3.63) is 63.0 Å². The number of carbonyl (C=O) groups is 1. The molecule has 0 bridgehead atoms. The summed E-state index contributed by atoms with van der Waals surface area (Å²) in [4.78, 5) is 11.7. The highest BCUT2D eigenvalue weighted by Crippen LogP contribution is 2.19. The molecular formula is C14H10FIN2O2. The van der Waals surface area contributed by atoms with Gasteiger partial charge in [-0.15, -0.1) is 0 Å². The largest absolute Gasteiger partial charge is 0.507 e. The molecule has 0 aliphatic carbocycles. The predicted octanol–water partition coefficient (Wildman–Crippen LogP) is 2.90. The van der Waals surface area contributed by atoms with E-state index in [2.05, 4.69) is 10.5 Å². The van der Waals surface area contributed by atoms with Gasteiger partial charge in [-0.05, 0) is 64.6 Å². The smallest absolute Gasteiger partial charge is 0.271 e. The van der Waals surface area contributed by atoms with E-state index in [1.165, 1.54) is 30.5 Å². The van der Waals surface area contributed by atoms with E-state index in [1.54, 1.807) is 12.1 Å². The molecule has 0 atom stereocenters. The molecule has 102 valence electrons. The predicted molar refractivity (Wildman–Crippen MR) is 82.3 cm³/mol. The van der Waals surface area contributed by atoms with Crippen LogP contribution in [0.4, 0.5) is 4.39 Å². The highest BCUT2D eigenvalue weighted by Gasteiger charge is 2.04. The van der Waals surface area contributed by atoms with Crippen LogP contribution in [0.2, 0.25) is 0 Å². The fraction of sp³-hybridized carbons (Fsp3) is 0. The van der Waals surface area contributed by atoms with E-state index in [0.717, 1.165) is 11.6 Å². The van der Waals surface area contributed by atoms with Crippen LogP contribution in [0, 0.1) is 9.39 Å². The minimum absolute atomic E-state index is 0.187. The summed E-state index contributed by atoms with van der Waals surface area (Å²) >= 11 is 1.99. The standard InChI is InChI=1S/C14H10FIN2O2/c15-11-3-1-2-10(7-11)14(20)18-17-8-9-4-5-13(19)12(16)6-9/h1-8,19H,(H,18,20)/b17-8+. The number of rotatable bonds is 3. The Morgan fingerprint density at radius 3 is 2.80 bits per heavy atom. The zero-order valence-corrected chi connectivity index (χ0v) is 12.3. The van der Waals surface area contributed by atoms with Gasteiger partial charge in [0.1, 0.15) is 11.6 Å². The Labute approximate surface area is 128 Å². The topological polar surface area (TPSA) is 61.7 Å². The second-order valence-electron chi connectivity index (χ2n) is 3.92. The Morgan fingerprint density at radius 2 is 2.10 bits per heavy atom. The molecule has 6 heteroatoms. The SMILES string of the molecule is O=C(N/N=C/c1ccc(O)c(I)c1)c1cccc(F)c1. The summed E-state index contributed by atoms with van der Waals surface area (Å²) in [6.45, 7) is 0. The van der Waals surface area contributed by atoms with Crippen LogP contribution in [-0.4, -0.2) is 17.2 Å². The Kier molecular flexibility index (Phi) is 4.67. The number of nitrogens with one attached hydrogen (secondary N) is 1. The van der Waals surface area contributed by atoms with Gasteiger partial charge in [0.25, 0.3) is 5.91 Å². The van der Waals surface area contributed by atoms with Crippen molar-refractivity contribution in [2.45, 2.75) is 0 Å². The van der Waals surface area contributed by atoms with E-state index in [1.807, 2.05) is 22.6 Å². The summed E-state index contributed by atoms with van der Waals surface area (Å²) in [7, 11) is 0. The van der Waals surface area contributed by atoms with Crippen LogP contribution < -0.4 is 5.43 Å². The number of halogens is 2. The molecule has 4 nitrogen and oxygen atoms in total. The third-order valence-electron chi connectivity index (χ3n) is 2.44. The molecule has 20 heavy (non-hydrogen) atoms. The maximum atomic E-state index is 13.0. The number of aromatic hydroxyl groups is 1. The number of benzene rings is 2. The zero-order chi connectivity index (χ0) is 14.5. The number of hydrogen-bond acceptors (Lipinski definition) is 3. The monoisotopic (exact) mass is 384 g/mol. The van der Waals surface area contributed by atoms with Gasteiger partial charge in [-0.3, -0.25) is 4.79 Å². The summed E-state index contributed by atoms with van der Waals surface area (Å²) < 4.78 is 13.6. The molecule has 1 amide bonds. The lowest BCUT2D eigenvalue weighted by atomic mass is 10.2. The Hall–Kier alpha value is -1.96. The fourth-order valence-corrected chi connectivity index (χ4v) is 2.00. The van der Waals surface area contributed by atoms with Gasteiger partial charge < -0.3 is 5.11 Å². The first-order chi connectivity index (χ1) is 9.56. The number of amides is 1. The first-order valence-electron chi connectivity index (χ1n) is 5.64. The average Bonchev–Trinajstić information content (AvgIpc) is 2.42. The minimum atomic E-state index is -0.491. The molecule has 0 fully saturated rings. The van der Waals surface area contributed by atoms with E-state index in [-0.39, 0.29) is 11.3 Å². The number of hydrogen-bond donors (Lipinski definition) is 2. The average molecular weight is 384 g/mol. The van der Waals surface area contributed by atoms with Gasteiger partial charge in [0.15, 0.2) is 0 Å². The van der Waals surface area contributed by atoms with Crippen molar-refractivity contribution in [1.82, 2.24) is 5.43 Å². The number of hydrazone groups is 1. The van der Waals surface area contributed by atoms with Crippen LogP contribution in [0.1, 0.15) is 15.9 Å². The molecule has 2 aromatic carbocycles. The second kappa shape index (κ2) is 6.47. The number of phenols is 1. The molecule has 0 aliphatic heterocycles. The third kappa shape index (κ3) is 3.77. The van der Waals surface area contributed by atoms with E-state index in [0.29, 0.717) is 3.57 Å². The van der Waals surface area contributed by atoms with Crippen molar-refractivity contribution in [1.29, 1.82) is 0 Å². The van der Waals surface area contributed by atoms with Crippen LogP contribution in [0.25, 0.3) is 0 Å². The lowest BCUT2D eigenvalue weighted by molar-refractivity contribution is 0.0954. The zero-order valence-electron chi connectivity index (χ0n) is 10.2. The highest BCUT2D eigenvalue weighted by atomic mass is 127. The number of nitrogens with zero attached hydrogens (tertiary/aromatic N) is 1. The lowest BCUT2D eigenvalue weighted by Crippen LogP contribution is -2.17. The van der Waals surface area contributed by atoms with Crippen LogP contribution in [0.3, 0.4) is 0 Å². The summed E-state index contributed by atoms with van der Waals surface area (Å²) in [5.41, 5.74) is 3.23. The first kappa shape index (κ1) is 14.4. The number of carbonyl (C=O) groups excluding carboxylic acids is 1. The van der Waals surface area contributed by atoms with Crippen LogP contribution in [0.15, 0.2) is 47.6 Å². The van der Waals surface area contributed by atoms with Crippen molar-refractivity contribution in [2.75, 3.05) is 0 Å². The Bertz CT molecular complexity index is 674. The van der Waals surface area contributed by atoms with Crippen molar-refractivity contribution in [3.8, 4) is 5.75 Å². The van der Waals surface area contributed by atoms with Gasteiger partial charge in [-0.1, -0.05) is 6.07 Å². The molecule has 0 aromatic heterocycles. The van der Waals surface area contributed by atoms with Crippen LogP contribution >= 0.6 is 22.6 Å². The molecule has 2 N–H and O–H groups in total. The number of phenolic OH excluding ortho intramolecular Hbond substituents is 1. The van der Waals surface area contributed by atoms with E-state index in [9.17, 15) is 14.3 Å². The second-order valence-corrected chi connectivity index (χ2v) is 5.08. The van der Waals surface area contributed by atoms with Crippen molar-refractivity contribution >= 4 is 34.7 Å². The fourth-order valence-electron chi connectivity index (χ4n) is 1.46. The Balaban J connectivity index is 2.02. The molecule has 0 aliphatic rings. The maximum Gasteiger partial charge on any atom is 0.271 e. The molecule has 0 unspecified atom stereocenters. The summed E-state index contributed by atoms with van der Waals surface area (Å²) in [5, 5.41) is 13.2. The lowest BCUT2D eigenvalue weighted by Gasteiger charge is -2.00. The minimum Gasteiger partial charge on any atom is -0.507 e. The van der Waals surface area contributed by atoms with E-state index >= 15 is 0 Å². The van der Waals surface area contributed by atoms with Crippen LogP contribution in [0.5, 0.6) is 5.75 Å².